The number of aryl methyl sites for hydroxylation is 1. The average Bonchev–Trinajstić information content (AvgIpc) is 2.80. The van der Waals surface area contributed by atoms with Crippen LogP contribution in [0.3, 0.4) is 0 Å². The lowest BCUT2D eigenvalue weighted by molar-refractivity contribution is -0.120. The highest BCUT2D eigenvalue weighted by Crippen LogP contribution is 2.19. The van der Waals surface area contributed by atoms with Gasteiger partial charge < -0.3 is 10.1 Å². The van der Waals surface area contributed by atoms with Crippen LogP contribution in [0.5, 0.6) is 5.75 Å². The van der Waals surface area contributed by atoms with Crippen LogP contribution in [0.15, 0.2) is 82.8 Å². The van der Waals surface area contributed by atoms with Gasteiger partial charge in [-0.1, -0.05) is 35.4 Å². The molecule has 0 bridgehead atoms. The summed E-state index contributed by atoms with van der Waals surface area (Å²) in [6.45, 7) is 1.92. The van der Waals surface area contributed by atoms with Gasteiger partial charge >= 0.3 is 0 Å². The fourth-order valence-corrected chi connectivity index (χ4v) is 3.74. The van der Waals surface area contributed by atoms with Crippen LogP contribution >= 0.6 is 23.4 Å². The number of hydrogen-bond donors (Lipinski definition) is 2. The summed E-state index contributed by atoms with van der Waals surface area (Å²) >= 11 is 7.54. The third kappa shape index (κ3) is 9.00. The van der Waals surface area contributed by atoms with Gasteiger partial charge in [-0.3, -0.25) is 9.59 Å². The van der Waals surface area contributed by atoms with Crippen LogP contribution in [0.2, 0.25) is 5.02 Å². The van der Waals surface area contributed by atoms with Gasteiger partial charge in [0.25, 0.3) is 5.91 Å². The number of halogens is 1. The molecule has 2 amide bonds. The van der Waals surface area contributed by atoms with Crippen molar-refractivity contribution in [3.63, 3.8) is 0 Å². The second kappa shape index (κ2) is 12.7. The summed E-state index contributed by atoms with van der Waals surface area (Å²) in [6, 6.07) is 22.1. The number of rotatable bonds is 10. The van der Waals surface area contributed by atoms with Gasteiger partial charge in [-0.05, 0) is 67.1 Å². The Morgan fingerprint density at radius 2 is 1.79 bits per heavy atom. The van der Waals surface area contributed by atoms with Crippen molar-refractivity contribution in [1.29, 1.82) is 0 Å². The summed E-state index contributed by atoms with van der Waals surface area (Å²) < 4.78 is 5.49. The molecule has 0 saturated heterocycles. The van der Waals surface area contributed by atoms with Crippen molar-refractivity contribution in [2.45, 2.75) is 18.2 Å². The van der Waals surface area contributed by atoms with Crippen molar-refractivity contribution in [2.24, 2.45) is 5.10 Å². The molecular weight excluding hydrogens is 458 g/mol. The van der Waals surface area contributed by atoms with Crippen LogP contribution in [-0.4, -0.2) is 30.4 Å². The zero-order valence-electron chi connectivity index (χ0n) is 18.1. The SMILES string of the molecule is Cc1ccc(SCCC(=O)NN=Cc2ccc(OCC(=O)Nc3cccc(Cl)c3)cc2)cc1. The second-order valence-electron chi connectivity index (χ2n) is 7.12. The van der Waals surface area contributed by atoms with Crippen LogP contribution in [0.25, 0.3) is 0 Å². The monoisotopic (exact) mass is 481 g/mol. The lowest BCUT2D eigenvalue weighted by Gasteiger charge is -2.08. The Bertz CT molecular complexity index is 1100. The summed E-state index contributed by atoms with van der Waals surface area (Å²) in [5.74, 6) is 0.801. The topological polar surface area (TPSA) is 79.8 Å². The van der Waals surface area contributed by atoms with Crippen molar-refractivity contribution in [1.82, 2.24) is 5.43 Å². The van der Waals surface area contributed by atoms with E-state index in [1.54, 1.807) is 66.5 Å². The Hall–Kier alpha value is -3.29. The Morgan fingerprint density at radius 1 is 1.03 bits per heavy atom. The van der Waals surface area contributed by atoms with E-state index in [0.717, 1.165) is 10.5 Å². The standard InChI is InChI=1S/C25H24ClN3O3S/c1-18-5-11-23(12-6-18)33-14-13-24(30)29-27-16-19-7-9-22(10-8-19)32-17-25(31)28-21-4-2-3-20(26)15-21/h2-12,15-16H,13-14,17H2,1H3,(H,28,31)(H,29,30). The van der Waals surface area contributed by atoms with Gasteiger partial charge in [0.2, 0.25) is 5.91 Å². The van der Waals surface area contributed by atoms with Crippen LogP contribution in [-0.2, 0) is 9.59 Å². The maximum atomic E-state index is 12.0. The second-order valence-corrected chi connectivity index (χ2v) is 8.73. The zero-order chi connectivity index (χ0) is 23.5. The van der Waals surface area contributed by atoms with Gasteiger partial charge in [0.05, 0.1) is 6.21 Å². The Kier molecular flexibility index (Phi) is 9.35. The molecule has 33 heavy (non-hydrogen) atoms. The first-order valence-electron chi connectivity index (χ1n) is 10.3. The molecule has 0 aromatic heterocycles. The average molecular weight is 482 g/mol. The normalized spacial score (nSPS) is 10.7. The summed E-state index contributed by atoms with van der Waals surface area (Å²) in [5.41, 5.74) is 5.15. The number of carbonyl (C=O) groups excluding carboxylic acids is 2. The lowest BCUT2D eigenvalue weighted by Crippen LogP contribution is -2.20. The van der Waals surface area contributed by atoms with Crippen molar-refractivity contribution in [3.8, 4) is 5.75 Å². The van der Waals surface area contributed by atoms with E-state index in [9.17, 15) is 9.59 Å². The molecule has 0 unspecified atom stereocenters. The van der Waals surface area contributed by atoms with E-state index in [4.69, 9.17) is 16.3 Å². The van der Waals surface area contributed by atoms with E-state index >= 15 is 0 Å². The fourth-order valence-electron chi connectivity index (χ4n) is 2.69. The molecule has 2 N–H and O–H groups in total. The van der Waals surface area contributed by atoms with Gasteiger partial charge in [-0.15, -0.1) is 11.8 Å². The zero-order valence-corrected chi connectivity index (χ0v) is 19.7. The maximum Gasteiger partial charge on any atom is 0.262 e. The molecule has 3 aromatic carbocycles. The van der Waals surface area contributed by atoms with Crippen molar-refractivity contribution in [2.75, 3.05) is 17.7 Å². The van der Waals surface area contributed by atoms with E-state index in [1.807, 2.05) is 6.92 Å². The summed E-state index contributed by atoms with van der Waals surface area (Å²) in [5, 5.41) is 7.25. The van der Waals surface area contributed by atoms with Crippen LogP contribution in [0.4, 0.5) is 5.69 Å². The van der Waals surface area contributed by atoms with E-state index in [0.29, 0.717) is 28.6 Å². The number of amides is 2. The molecule has 0 aliphatic carbocycles. The maximum absolute atomic E-state index is 12.0. The molecule has 0 spiro atoms. The predicted molar refractivity (Wildman–Crippen MR) is 134 cm³/mol. The molecule has 0 aliphatic heterocycles. The molecule has 0 heterocycles. The van der Waals surface area contributed by atoms with Crippen molar-refractivity contribution < 1.29 is 14.3 Å². The number of hydrazone groups is 1. The number of hydrogen-bond acceptors (Lipinski definition) is 5. The molecule has 0 atom stereocenters. The van der Waals surface area contributed by atoms with E-state index in [-0.39, 0.29) is 18.4 Å². The van der Waals surface area contributed by atoms with Crippen molar-refractivity contribution in [3.05, 3.63) is 88.9 Å². The number of ether oxygens (including phenoxy) is 1. The number of benzene rings is 3. The molecule has 8 heteroatoms. The predicted octanol–water partition coefficient (Wildman–Crippen LogP) is 5.30. The van der Waals surface area contributed by atoms with Gasteiger partial charge in [0.1, 0.15) is 5.75 Å². The number of carbonyl (C=O) groups is 2. The third-order valence-electron chi connectivity index (χ3n) is 4.38. The highest BCUT2D eigenvalue weighted by molar-refractivity contribution is 7.99. The summed E-state index contributed by atoms with van der Waals surface area (Å²) in [7, 11) is 0. The van der Waals surface area contributed by atoms with Crippen LogP contribution in [0, 0.1) is 6.92 Å². The molecule has 3 rings (SSSR count). The van der Waals surface area contributed by atoms with Crippen LogP contribution < -0.4 is 15.5 Å². The van der Waals surface area contributed by atoms with Gasteiger partial charge in [-0.25, -0.2) is 5.43 Å². The first kappa shape index (κ1) is 24.4. The first-order chi connectivity index (χ1) is 16.0. The quantitative estimate of drug-likeness (QED) is 0.234. The molecule has 6 nitrogen and oxygen atoms in total. The highest BCUT2D eigenvalue weighted by atomic mass is 35.5. The van der Waals surface area contributed by atoms with Gasteiger partial charge in [0, 0.05) is 27.8 Å². The molecule has 3 aromatic rings. The summed E-state index contributed by atoms with van der Waals surface area (Å²) in [4.78, 5) is 25.1. The first-order valence-corrected chi connectivity index (χ1v) is 11.6. The molecule has 0 aliphatic rings. The number of thioether (sulfide) groups is 1. The summed E-state index contributed by atoms with van der Waals surface area (Å²) in [6.07, 6.45) is 1.93. The minimum absolute atomic E-state index is 0.128. The van der Waals surface area contributed by atoms with E-state index in [2.05, 4.69) is 40.1 Å². The number of nitrogens with zero attached hydrogens (tertiary/aromatic N) is 1. The van der Waals surface area contributed by atoms with Crippen LogP contribution in [0.1, 0.15) is 17.5 Å². The minimum Gasteiger partial charge on any atom is -0.484 e. The Morgan fingerprint density at radius 3 is 2.52 bits per heavy atom. The van der Waals surface area contributed by atoms with E-state index < -0.39 is 0 Å². The van der Waals surface area contributed by atoms with Gasteiger partial charge in [-0.2, -0.15) is 5.10 Å². The number of nitrogens with one attached hydrogen (secondary N) is 2. The molecule has 0 saturated carbocycles. The molecule has 0 radical (unpaired) electrons. The fraction of sp³-hybridized carbons (Fsp3) is 0.160. The highest BCUT2D eigenvalue weighted by Gasteiger charge is 2.05. The Balaban J connectivity index is 1.35. The molecular formula is C25H24ClN3O3S. The largest absolute Gasteiger partial charge is 0.484 e. The third-order valence-corrected chi connectivity index (χ3v) is 5.63. The lowest BCUT2D eigenvalue weighted by atomic mass is 10.2. The molecule has 170 valence electrons. The minimum atomic E-state index is -0.286. The smallest absolute Gasteiger partial charge is 0.262 e. The molecule has 0 fully saturated rings. The van der Waals surface area contributed by atoms with Crippen molar-refractivity contribution >= 4 is 47.1 Å². The van der Waals surface area contributed by atoms with E-state index in [1.165, 1.54) is 5.56 Å². The number of anilines is 1. The van der Waals surface area contributed by atoms with Gasteiger partial charge in [0.15, 0.2) is 6.61 Å². The Labute approximate surface area is 202 Å².